The lowest BCUT2D eigenvalue weighted by atomic mass is 10.1. The normalized spacial score (nSPS) is 10.3. The van der Waals surface area contributed by atoms with Gasteiger partial charge in [-0.3, -0.25) is 4.79 Å². The van der Waals surface area contributed by atoms with Crippen molar-refractivity contribution in [3.8, 4) is 5.75 Å². The Bertz CT molecular complexity index is 628. The monoisotopic (exact) mass is 338 g/mol. The lowest BCUT2D eigenvalue weighted by Gasteiger charge is -2.11. The number of hydrogen-bond acceptors (Lipinski definition) is 2. The molecule has 2 rings (SSSR count). The zero-order chi connectivity index (χ0) is 14.5. The summed E-state index contributed by atoms with van der Waals surface area (Å²) < 4.78 is 19.3. The van der Waals surface area contributed by atoms with Crippen molar-refractivity contribution in [1.82, 2.24) is 0 Å². The maximum Gasteiger partial charge on any atom is 0.307 e. The maximum atomic E-state index is 13.4. The third-order valence-corrected chi connectivity index (χ3v) is 3.62. The molecule has 0 aliphatic rings. The van der Waals surface area contributed by atoms with Gasteiger partial charge in [-0.15, -0.1) is 0 Å². The summed E-state index contributed by atoms with van der Waals surface area (Å²) in [5, 5.41) is 8.84. The predicted octanol–water partition coefficient (Wildman–Crippen LogP) is 3.79. The lowest BCUT2D eigenvalue weighted by molar-refractivity contribution is -0.136. The number of rotatable bonds is 5. The van der Waals surface area contributed by atoms with E-state index in [-0.39, 0.29) is 18.8 Å². The van der Waals surface area contributed by atoms with Crippen LogP contribution >= 0.6 is 15.9 Å². The Morgan fingerprint density at radius 3 is 2.60 bits per heavy atom. The van der Waals surface area contributed by atoms with Crippen LogP contribution in [0.15, 0.2) is 46.9 Å². The van der Waals surface area contributed by atoms with E-state index in [2.05, 4.69) is 15.9 Å². The Balaban J connectivity index is 2.15. The van der Waals surface area contributed by atoms with Gasteiger partial charge in [-0.1, -0.05) is 30.3 Å². The second kappa shape index (κ2) is 6.52. The smallest absolute Gasteiger partial charge is 0.307 e. The van der Waals surface area contributed by atoms with Crippen LogP contribution < -0.4 is 4.74 Å². The highest BCUT2D eigenvalue weighted by molar-refractivity contribution is 9.10. The van der Waals surface area contributed by atoms with Gasteiger partial charge in [-0.05, 0) is 28.1 Å². The number of halogens is 2. The van der Waals surface area contributed by atoms with Crippen LogP contribution in [0.4, 0.5) is 4.39 Å². The Labute approximate surface area is 124 Å². The fourth-order valence-corrected chi connectivity index (χ4v) is 2.15. The number of hydrogen-bond donors (Lipinski definition) is 1. The lowest BCUT2D eigenvalue weighted by Crippen LogP contribution is -2.04. The Hall–Kier alpha value is -1.88. The van der Waals surface area contributed by atoms with Gasteiger partial charge in [0.25, 0.3) is 0 Å². The molecule has 0 radical (unpaired) electrons. The van der Waals surface area contributed by atoms with E-state index >= 15 is 0 Å². The largest absolute Gasteiger partial charge is 0.489 e. The summed E-state index contributed by atoms with van der Waals surface area (Å²) in [6, 6.07) is 11.6. The van der Waals surface area contributed by atoms with Crippen molar-refractivity contribution in [2.24, 2.45) is 0 Å². The van der Waals surface area contributed by atoms with E-state index in [1.807, 2.05) is 0 Å². The SMILES string of the molecule is O=C(O)Cc1ccccc1OCc1cccc(F)c1Br. The summed E-state index contributed by atoms with van der Waals surface area (Å²) in [5.74, 6) is -0.788. The summed E-state index contributed by atoms with van der Waals surface area (Å²) >= 11 is 3.16. The van der Waals surface area contributed by atoms with Gasteiger partial charge in [0.2, 0.25) is 0 Å². The first-order valence-electron chi connectivity index (χ1n) is 5.93. The molecule has 0 spiro atoms. The van der Waals surface area contributed by atoms with Gasteiger partial charge in [0.15, 0.2) is 0 Å². The maximum absolute atomic E-state index is 13.4. The van der Waals surface area contributed by atoms with Crippen LogP contribution in [0.1, 0.15) is 11.1 Å². The molecule has 20 heavy (non-hydrogen) atoms. The molecule has 2 aromatic carbocycles. The molecule has 0 aliphatic heterocycles. The van der Waals surface area contributed by atoms with Gasteiger partial charge in [-0.25, -0.2) is 4.39 Å². The number of ether oxygens (including phenoxy) is 1. The molecule has 0 saturated heterocycles. The molecule has 0 heterocycles. The minimum Gasteiger partial charge on any atom is -0.489 e. The highest BCUT2D eigenvalue weighted by Gasteiger charge is 2.09. The van der Waals surface area contributed by atoms with Crippen molar-refractivity contribution >= 4 is 21.9 Å². The predicted molar refractivity (Wildman–Crippen MR) is 76.2 cm³/mol. The minimum atomic E-state index is -0.923. The molecule has 0 fully saturated rings. The fraction of sp³-hybridized carbons (Fsp3) is 0.133. The molecular weight excluding hydrogens is 327 g/mol. The molecule has 3 nitrogen and oxygen atoms in total. The number of carboxylic acid groups (broad SMARTS) is 1. The van der Waals surface area contributed by atoms with Crippen molar-refractivity contribution in [1.29, 1.82) is 0 Å². The van der Waals surface area contributed by atoms with Gasteiger partial charge in [0, 0.05) is 11.1 Å². The van der Waals surface area contributed by atoms with Crippen molar-refractivity contribution in [3.05, 3.63) is 63.9 Å². The zero-order valence-electron chi connectivity index (χ0n) is 10.5. The molecule has 0 bridgehead atoms. The number of benzene rings is 2. The second-order valence-corrected chi connectivity index (χ2v) is 4.97. The van der Waals surface area contributed by atoms with Gasteiger partial charge >= 0.3 is 5.97 Å². The van der Waals surface area contributed by atoms with Gasteiger partial charge < -0.3 is 9.84 Å². The number of aliphatic carboxylic acids is 1. The molecule has 0 atom stereocenters. The third kappa shape index (κ3) is 3.57. The van der Waals surface area contributed by atoms with Crippen molar-refractivity contribution in [3.63, 3.8) is 0 Å². The van der Waals surface area contributed by atoms with Crippen LogP contribution in [0, 0.1) is 5.82 Å². The van der Waals surface area contributed by atoms with Crippen LogP contribution in [0.25, 0.3) is 0 Å². The molecule has 1 N–H and O–H groups in total. The van der Waals surface area contributed by atoms with Crippen LogP contribution in [-0.2, 0) is 17.8 Å². The Kier molecular flexibility index (Phi) is 4.74. The van der Waals surface area contributed by atoms with Gasteiger partial charge in [0.1, 0.15) is 18.2 Å². The Morgan fingerprint density at radius 1 is 1.15 bits per heavy atom. The molecule has 0 amide bonds. The average Bonchev–Trinajstić information content (AvgIpc) is 2.41. The van der Waals surface area contributed by atoms with Crippen molar-refractivity contribution in [2.75, 3.05) is 0 Å². The van der Waals surface area contributed by atoms with Crippen LogP contribution in [0.5, 0.6) is 5.75 Å². The summed E-state index contributed by atoms with van der Waals surface area (Å²) in [7, 11) is 0. The average molecular weight is 339 g/mol. The molecule has 5 heteroatoms. The highest BCUT2D eigenvalue weighted by Crippen LogP contribution is 2.24. The van der Waals surface area contributed by atoms with E-state index in [4.69, 9.17) is 9.84 Å². The first kappa shape index (κ1) is 14.5. The molecule has 0 unspecified atom stereocenters. The molecule has 0 aromatic heterocycles. The summed E-state index contributed by atoms with van der Waals surface area (Å²) in [6.45, 7) is 0.162. The van der Waals surface area contributed by atoms with E-state index in [1.54, 1.807) is 36.4 Å². The summed E-state index contributed by atoms with van der Waals surface area (Å²) in [6.07, 6.45) is -0.111. The molecule has 0 aliphatic carbocycles. The topological polar surface area (TPSA) is 46.5 Å². The highest BCUT2D eigenvalue weighted by atomic mass is 79.9. The van der Waals surface area contributed by atoms with E-state index < -0.39 is 5.97 Å². The number of carboxylic acids is 1. The second-order valence-electron chi connectivity index (χ2n) is 4.18. The quantitative estimate of drug-likeness (QED) is 0.901. The number of para-hydroxylation sites is 1. The molecular formula is C15H12BrFO3. The van der Waals surface area contributed by atoms with E-state index in [0.717, 1.165) is 0 Å². The third-order valence-electron chi connectivity index (χ3n) is 2.73. The van der Waals surface area contributed by atoms with Gasteiger partial charge in [0.05, 0.1) is 10.9 Å². The summed E-state index contributed by atoms with van der Waals surface area (Å²) in [4.78, 5) is 10.8. The first-order chi connectivity index (χ1) is 9.58. The van der Waals surface area contributed by atoms with E-state index in [0.29, 0.717) is 21.3 Å². The van der Waals surface area contributed by atoms with E-state index in [1.165, 1.54) is 6.07 Å². The summed E-state index contributed by atoms with van der Waals surface area (Å²) in [5.41, 5.74) is 1.25. The number of carbonyl (C=O) groups is 1. The van der Waals surface area contributed by atoms with Crippen LogP contribution in [0.2, 0.25) is 0 Å². The standard InChI is InChI=1S/C15H12BrFO3/c16-15-11(5-3-6-12(15)17)9-20-13-7-2-1-4-10(13)8-14(18)19/h1-7H,8-9H2,(H,18,19). The molecule has 2 aromatic rings. The molecule has 104 valence electrons. The van der Waals surface area contributed by atoms with Gasteiger partial charge in [-0.2, -0.15) is 0 Å². The van der Waals surface area contributed by atoms with Crippen molar-refractivity contribution in [2.45, 2.75) is 13.0 Å². The minimum absolute atomic E-state index is 0.111. The van der Waals surface area contributed by atoms with Crippen LogP contribution in [-0.4, -0.2) is 11.1 Å². The molecule has 0 saturated carbocycles. The van der Waals surface area contributed by atoms with Crippen molar-refractivity contribution < 1.29 is 19.0 Å². The van der Waals surface area contributed by atoms with E-state index in [9.17, 15) is 9.18 Å². The van der Waals surface area contributed by atoms with Crippen LogP contribution in [0.3, 0.4) is 0 Å². The fourth-order valence-electron chi connectivity index (χ4n) is 1.77. The first-order valence-corrected chi connectivity index (χ1v) is 6.72. The zero-order valence-corrected chi connectivity index (χ0v) is 12.1. The Morgan fingerprint density at radius 2 is 1.85 bits per heavy atom.